The van der Waals surface area contributed by atoms with E-state index in [1.165, 1.54) is 12.1 Å². The molecule has 6 heteroatoms. The van der Waals surface area contributed by atoms with Crippen molar-refractivity contribution in [3.8, 4) is 11.3 Å². The summed E-state index contributed by atoms with van der Waals surface area (Å²) >= 11 is 0. The van der Waals surface area contributed by atoms with Crippen molar-refractivity contribution in [3.05, 3.63) is 77.5 Å². The highest BCUT2D eigenvalue weighted by Crippen LogP contribution is 2.35. The Balaban J connectivity index is 1.40. The van der Waals surface area contributed by atoms with Crippen LogP contribution >= 0.6 is 0 Å². The van der Waals surface area contributed by atoms with Gasteiger partial charge in [-0.2, -0.15) is 0 Å². The second-order valence-electron chi connectivity index (χ2n) is 7.97. The van der Waals surface area contributed by atoms with E-state index in [1.807, 2.05) is 42.2 Å². The first kappa shape index (κ1) is 18.1. The van der Waals surface area contributed by atoms with Gasteiger partial charge in [-0.1, -0.05) is 29.8 Å². The minimum Gasteiger partial charge on any atom is -0.363 e. The zero-order chi connectivity index (χ0) is 20.0. The van der Waals surface area contributed by atoms with E-state index in [0.29, 0.717) is 31.8 Å². The van der Waals surface area contributed by atoms with Gasteiger partial charge in [0, 0.05) is 17.7 Å². The van der Waals surface area contributed by atoms with Crippen molar-refractivity contribution >= 4 is 5.91 Å². The molecule has 0 unspecified atom stereocenters. The molecule has 0 bridgehead atoms. The van der Waals surface area contributed by atoms with Gasteiger partial charge in [-0.3, -0.25) is 4.79 Å². The van der Waals surface area contributed by atoms with Gasteiger partial charge in [0.05, 0.1) is 25.0 Å². The fraction of sp³-hybridized carbons (Fsp3) is 0.304. The van der Waals surface area contributed by atoms with E-state index in [0.717, 1.165) is 29.1 Å². The van der Waals surface area contributed by atoms with Crippen LogP contribution in [0.1, 0.15) is 28.2 Å². The van der Waals surface area contributed by atoms with Gasteiger partial charge < -0.3 is 14.2 Å². The minimum atomic E-state index is -0.435. The van der Waals surface area contributed by atoms with Gasteiger partial charge in [-0.05, 0) is 37.6 Å². The predicted octanol–water partition coefficient (Wildman–Crippen LogP) is 3.81. The first-order valence-corrected chi connectivity index (χ1v) is 9.83. The van der Waals surface area contributed by atoms with E-state index in [4.69, 9.17) is 4.74 Å². The van der Waals surface area contributed by atoms with Crippen LogP contribution in [0.25, 0.3) is 11.3 Å². The molecule has 1 aromatic heterocycles. The van der Waals surface area contributed by atoms with Crippen molar-refractivity contribution in [3.63, 3.8) is 0 Å². The molecule has 1 spiro atoms. The van der Waals surface area contributed by atoms with Crippen LogP contribution in [0.2, 0.25) is 0 Å². The number of halogens is 1. The molecule has 0 saturated carbocycles. The summed E-state index contributed by atoms with van der Waals surface area (Å²) in [4.78, 5) is 19.3. The number of ether oxygens (including phenoxy) is 1. The molecule has 1 atom stereocenters. The third-order valence-electron chi connectivity index (χ3n) is 5.88. The third-order valence-corrected chi connectivity index (χ3v) is 5.88. The van der Waals surface area contributed by atoms with Crippen molar-refractivity contribution in [1.82, 2.24) is 14.5 Å². The van der Waals surface area contributed by atoms with Gasteiger partial charge in [-0.25, -0.2) is 9.37 Å². The summed E-state index contributed by atoms with van der Waals surface area (Å²) in [5.74, 6) is 0.602. The maximum Gasteiger partial charge on any atom is 0.253 e. The number of hydrogen-bond acceptors (Lipinski definition) is 3. The number of imidazole rings is 1. The zero-order valence-corrected chi connectivity index (χ0v) is 16.3. The number of aryl methyl sites for hydroxylation is 1. The van der Waals surface area contributed by atoms with Crippen molar-refractivity contribution in [2.75, 3.05) is 13.1 Å². The molecule has 1 amide bonds. The number of carbonyl (C=O) groups excluding carboxylic acids is 1. The van der Waals surface area contributed by atoms with Gasteiger partial charge >= 0.3 is 0 Å². The molecule has 5 nitrogen and oxygen atoms in total. The number of rotatable bonds is 2. The number of fused-ring (bicyclic) bond motifs is 1. The summed E-state index contributed by atoms with van der Waals surface area (Å²) in [6.07, 6.45) is 2.54. The molecule has 29 heavy (non-hydrogen) atoms. The number of nitrogens with zero attached hydrogens (tertiary/aromatic N) is 3. The van der Waals surface area contributed by atoms with Gasteiger partial charge in [0.1, 0.15) is 23.8 Å². The molecule has 1 saturated heterocycles. The summed E-state index contributed by atoms with van der Waals surface area (Å²) < 4.78 is 22.0. The maximum atomic E-state index is 13.7. The highest BCUT2D eigenvalue weighted by atomic mass is 19.1. The van der Waals surface area contributed by atoms with Crippen LogP contribution in [0.15, 0.2) is 54.7 Å². The van der Waals surface area contributed by atoms with E-state index in [2.05, 4.69) is 9.55 Å². The molecular formula is C23H22FN3O2. The SMILES string of the molecule is Cc1cccc(C(=O)N2CC[C@]3(C2)Cn2c(-c4cccc(F)c4)cnc2CO3)c1. The van der Waals surface area contributed by atoms with Gasteiger partial charge in [-0.15, -0.1) is 0 Å². The lowest BCUT2D eigenvalue weighted by molar-refractivity contribution is -0.0804. The van der Waals surface area contributed by atoms with Crippen molar-refractivity contribution in [2.45, 2.75) is 32.1 Å². The fourth-order valence-corrected chi connectivity index (χ4v) is 4.36. The number of amides is 1. The van der Waals surface area contributed by atoms with E-state index < -0.39 is 5.60 Å². The Hall–Kier alpha value is -2.99. The summed E-state index contributed by atoms with van der Waals surface area (Å²) in [7, 11) is 0. The number of likely N-dealkylation sites (tertiary alicyclic amines) is 1. The molecule has 0 aliphatic carbocycles. The smallest absolute Gasteiger partial charge is 0.253 e. The van der Waals surface area contributed by atoms with Gasteiger partial charge in [0.2, 0.25) is 0 Å². The van der Waals surface area contributed by atoms with Crippen molar-refractivity contribution in [1.29, 1.82) is 0 Å². The molecule has 3 heterocycles. The Kier molecular flexibility index (Phi) is 4.24. The topological polar surface area (TPSA) is 47.4 Å². The summed E-state index contributed by atoms with van der Waals surface area (Å²) in [6, 6.07) is 14.2. The van der Waals surface area contributed by atoms with E-state index in [9.17, 15) is 9.18 Å². The lowest BCUT2D eigenvalue weighted by atomic mass is 10.0. The molecule has 148 valence electrons. The van der Waals surface area contributed by atoms with Crippen molar-refractivity contribution in [2.24, 2.45) is 0 Å². The molecule has 0 radical (unpaired) electrons. The Morgan fingerprint density at radius 2 is 2.03 bits per heavy atom. The van der Waals surface area contributed by atoms with E-state index in [1.54, 1.807) is 12.3 Å². The minimum absolute atomic E-state index is 0.0379. The van der Waals surface area contributed by atoms with Crippen LogP contribution in [0.3, 0.4) is 0 Å². The Morgan fingerprint density at radius 3 is 2.86 bits per heavy atom. The normalized spacial score (nSPS) is 20.8. The lowest BCUT2D eigenvalue weighted by Gasteiger charge is -2.35. The molecule has 3 aromatic rings. The molecule has 2 aliphatic rings. The molecule has 1 fully saturated rings. The van der Waals surface area contributed by atoms with E-state index in [-0.39, 0.29) is 11.7 Å². The largest absolute Gasteiger partial charge is 0.363 e. The van der Waals surface area contributed by atoms with Gasteiger partial charge in [0.15, 0.2) is 0 Å². The standard InChI is InChI=1S/C23H22FN3O2/c1-16-4-2-6-18(10-16)22(28)26-9-8-23(14-26)15-27-20(12-25-21(27)13-29-23)17-5-3-7-19(24)11-17/h2-7,10-12H,8-9,13-15H2,1H3/t23-/m0/s1. The molecule has 0 N–H and O–H groups in total. The molecule has 2 aromatic carbocycles. The van der Waals surface area contributed by atoms with Gasteiger partial charge in [0.25, 0.3) is 5.91 Å². The fourth-order valence-electron chi connectivity index (χ4n) is 4.36. The van der Waals surface area contributed by atoms with Crippen LogP contribution in [0, 0.1) is 12.7 Å². The second kappa shape index (κ2) is 6.81. The molecular weight excluding hydrogens is 369 g/mol. The Bertz CT molecular complexity index is 1090. The number of carbonyl (C=O) groups is 1. The average Bonchev–Trinajstić information content (AvgIpc) is 3.32. The van der Waals surface area contributed by atoms with Crippen LogP contribution in [0.4, 0.5) is 4.39 Å². The zero-order valence-electron chi connectivity index (χ0n) is 16.3. The summed E-state index contributed by atoms with van der Waals surface area (Å²) in [6.45, 7) is 4.18. The van der Waals surface area contributed by atoms with Crippen LogP contribution in [0.5, 0.6) is 0 Å². The van der Waals surface area contributed by atoms with E-state index >= 15 is 0 Å². The summed E-state index contributed by atoms with van der Waals surface area (Å²) in [5, 5.41) is 0. The monoisotopic (exact) mass is 391 g/mol. The Morgan fingerprint density at radius 1 is 1.17 bits per heavy atom. The Labute approximate surface area is 168 Å². The first-order valence-electron chi connectivity index (χ1n) is 9.83. The summed E-state index contributed by atoms with van der Waals surface area (Å²) in [5.41, 5.74) is 3.02. The van der Waals surface area contributed by atoms with Crippen LogP contribution in [-0.4, -0.2) is 39.0 Å². The van der Waals surface area contributed by atoms with Crippen LogP contribution in [-0.2, 0) is 17.9 Å². The number of benzene rings is 2. The van der Waals surface area contributed by atoms with Crippen LogP contribution < -0.4 is 0 Å². The highest BCUT2D eigenvalue weighted by molar-refractivity contribution is 5.94. The molecule has 5 rings (SSSR count). The number of hydrogen-bond donors (Lipinski definition) is 0. The highest BCUT2D eigenvalue weighted by Gasteiger charge is 2.44. The third kappa shape index (κ3) is 3.23. The maximum absolute atomic E-state index is 13.7. The number of aromatic nitrogens is 2. The lowest BCUT2D eigenvalue weighted by Crippen LogP contribution is -2.45. The molecule has 2 aliphatic heterocycles. The quantitative estimate of drug-likeness (QED) is 0.667. The second-order valence-corrected chi connectivity index (χ2v) is 7.97. The predicted molar refractivity (Wildman–Crippen MR) is 107 cm³/mol. The van der Waals surface area contributed by atoms with Crippen molar-refractivity contribution < 1.29 is 13.9 Å². The first-order chi connectivity index (χ1) is 14.0. The average molecular weight is 391 g/mol.